The van der Waals surface area contributed by atoms with Crippen LogP contribution in [-0.4, -0.2) is 39.9 Å². The maximum Gasteiger partial charge on any atom is 0.248 e. The number of hydrogen-bond acceptors (Lipinski definition) is 6. The largest absolute Gasteiger partial charge is 0.497 e. The highest BCUT2D eigenvalue weighted by Crippen LogP contribution is 2.25. The van der Waals surface area contributed by atoms with Crippen molar-refractivity contribution in [1.29, 1.82) is 0 Å². The molecule has 4 aromatic rings. The molecule has 8 heteroatoms. The molecular weight excluding hydrogens is 400 g/mol. The second-order valence-electron chi connectivity index (χ2n) is 6.52. The van der Waals surface area contributed by atoms with Crippen molar-refractivity contribution >= 4 is 39.2 Å². The van der Waals surface area contributed by atoms with Crippen LogP contribution in [-0.2, 0) is 11.3 Å². The summed E-state index contributed by atoms with van der Waals surface area (Å²) >= 11 is 1.40. The van der Waals surface area contributed by atoms with Gasteiger partial charge in [0.2, 0.25) is 11.7 Å². The first-order valence-electron chi connectivity index (χ1n) is 9.46. The Morgan fingerprint density at radius 1 is 1.17 bits per heavy atom. The molecule has 0 aliphatic carbocycles. The number of hydrogen-bond donors (Lipinski definition) is 0. The molecule has 2 heterocycles. The summed E-state index contributed by atoms with van der Waals surface area (Å²) < 4.78 is 6.99. The van der Waals surface area contributed by atoms with E-state index in [1.807, 2.05) is 18.4 Å². The zero-order valence-electron chi connectivity index (χ0n) is 16.6. The first-order valence-corrected chi connectivity index (χ1v) is 10.3. The Balaban J connectivity index is 1.79. The Morgan fingerprint density at radius 3 is 2.63 bits per heavy atom. The van der Waals surface area contributed by atoms with Gasteiger partial charge in [-0.1, -0.05) is 30.3 Å². The molecule has 0 atom stereocenters. The maximum absolute atomic E-state index is 13.2. The Morgan fingerprint density at radius 2 is 1.97 bits per heavy atom. The quantitative estimate of drug-likeness (QED) is 0.425. The second-order valence-corrected chi connectivity index (χ2v) is 7.40. The number of methoxy groups -OCH3 is 1. The lowest BCUT2D eigenvalue weighted by molar-refractivity contribution is -0.119. The Kier molecular flexibility index (Phi) is 5.58. The van der Waals surface area contributed by atoms with E-state index < -0.39 is 0 Å². The number of imidazole rings is 1. The van der Waals surface area contributed by atoms with Crippen LogP contribution in [0.1, 0.15) is 23.1 Å². The SMILES string of the molecule is CCN(C(=O)Cn1c(C(=O)c2ccccc2)nc2ccc(OC)cc21)c1nccs1. The van der Waals surface area contributed by atoms with Crippen LogP contribution in [0.5, 0.6) is 5.75 Å². The second kappa shape index (κ2) is 8.46. The molecule has 30 heavy (non-hydrogen) atoms. The number of likely N-dealkylation sites (N-methyl/N-ethyl adjacent to an activating group) is 1. The van der Waals surface area contributed by atoms with E-state index in [2.05, 4.69) is 9.97 Å². The van der Waals surface area contributed by atoms with E-state index in [-0.39, 0.29) is 24.1 Å². The van der Waals surface area contributed by atoms with Gasteiger partial charge in [-0.25, -0.2) is 9.97 Å². The van der Waals surface area contributed by atoms with Crippen LogP contribution in [0.2, 0.25) is 0 Å². The third-order valence-electron chi connectivity index (χ3n) is 4.76. The number of rotatable bonds is 7. The number of ether oxygens (including phenoxy) is 1. The number of carbonyl (C=O) groups is 2. The summed E-state index contributed by atoms with van der Waals surface area (Å²) in [6.07, 6.45) is 1.66. The van der Waals surface area contributed by atoms with E-state index in [0.29, 0.717) is 34.0 Å². The summed E-state index contributed by atoms with van der Waals surface area (Å²) in [5.41, 5.74) is 1.80. The summed E-state index contributed by atoms with van der Waals surface area (Å²) in [5, 5.41) is 2.45. The number of thiazole rings is 1. The molecule has 152 valence electrons. The van der Waals surface area contributed by atoms with Gasteiger partial charge in [0, 0.05) is 29.8 Å². The third kappa shape index (κ3) is 3.69. The standard InChI is InChI=1S/C22H20N4O3S/c1-3-25(22-23-11-12-30-22)19(27)14-26-18-13-16(29-2)9-10-17(18)24-21(26)20(28)15-7-5-4-6-8-15/h4-13H,3,14H2,1-2H3. The third-order valence-corrected chi connectivity index (χ3v) is 5.55. The van der Waals surface area contributed by atoms with E-state index in [1.54, 1.807) is 65.2 Å². The molecule has 0 spiro atoms. The van der Waals surface area contributed by atoms with Crippen LogP contribution < -0.4 is 9.64 Å². The first kappa shape index (κ1) is 19.8. The molecule has 0 saturated carbocycles. The van der Waals surface area contributed by atoms with Gasteiger partial charge in [-0.2, -0.15) is 0 Å². The smallest absolute Gasteiger partial charge is 0.248 e. The molecule has 0 aliphatic heterocycles. The van der Waals surface area contributed by atoms with Gasteiger partial charge in [0.15, 0.2) is 11.0 Å². The fourth-order valence-corrected chi connectivity index (χ4v) is 3.99. The van der Waals surface area contributed by atoms with Gasteiger partial charge < -0.3 is 9.30 Å². The van der Waals surface area contributed by atoms with Crippen molar-refractivity contribution in [3.63, 3.8) is 0 Å². The van der Waals surface area contributed by atoms with Crippen molar-refractivity contribution < 1.29 is 14.3 Å². The fourth-order valence-electron chi connectivity index (χ4n) is 3.27. The zero-order chi connectivity index (χ0) is 21.1. The van der Waals surface area contributed by atoms with Gasteiger partial charge in [-0.15, -0.1) is 11.3 Å². The van der Waals surface area contributed by atoms with Crippen molar-refractivity contribution in [3.8, 4) is 5.75 Å². The number of ketones is 1. The molecule has 0 N–H and O–H groups in total. The molecule has 2 aromatic carbocycles. The van der Waals surface area contributed by atoms with E-state index in [4.69, 9.17) is 4.74 Å². The Labute approximate surface area is 177 Å². The van der Waals surface area contributed by atoms with Crippen molar-refractivity contribution in [2.24, 2.45) is 0 Å². The van der Waals surface area contributed by atoms with Crippen molar-refractivity contribution in [2.45, 2.75) is 13.5 Å². The molecular formula is C22H20N4O3S. The van der Waals surface area contributed by atoms with E-state index in [1.165, 1.54) is 11.3 Å². The maximum atomic E-state index is 13.2. The topological polar surface area (TPSA) is 77.3 Å². The van der Waals surface area contributed by atoms with Crippen LogP contribution in [0.15, 0.2) is 60.1 Å². The van der Waals surface area contributed by atoms with Crippen molar-refractivity contribution in [1.82, 2.24) is 14.5 Å². The monoisotopic (exact) mass is 420 g/mol. The molecule has 0 fully saturated rings. The lowest BCUT2D eigenvalue weighted by Crippen LogP contribution is -2.34. The minimum Gasteiger partial charge on any atom is -0.497 e. The van der Waals surface area contributed by atoms with Crippen LogP contribution in [0.3, 0.4) is 0 Å². The summed E-state index contributed by atoms with van der Waals surface area (Å²) in [7, 11) is 1.57. The fraction of sp³-hybridized carbons (Fsp3) is 0.182. The van der Waals surface area contributed by atoms with Crippen LogP contribution in [0, 0.1) is 0 Å². The number of amides is 1. The minimum atomic E-state index is -0.240. The van der Waals surface area contributed by atoms with Gasteiger partial charge in [-0.05, 0) is 19.1 Å². The first-order chi connectivity index (χ1) is 14.6. The Hall–Kier alpha value is -3.52. The van der Waals surface area contributed by atoms with Gasteiger partial charge in [-0.3, -0.25) is 14.5 Å². The molecule has 1 amide bonds. The number of benzene rings is 2. The van der Waals surface area contributed by atoms with E-state index >= 15 is 0 Å². The van der Waals surface area contributed by atoms with Crippen molar-refractivity contribution in [2.75, 3.05) is 18.6 Å². The summed E-state index contributed by atoms with van der Waals surface area (Å²) in [6, 6.07) is 14.3. The number of fused-ring (bicyclic) bond motifs is 1. The van der Waals surface area contributed by atoms with Crippen LogP contribution >= 0.6 is 11.3 Å². The predicted octanol–water partition coefficient (Wildman–Crippen LogP) is 3.79. The number of carbonyl (C=O) groups excluding carboxylic acids is 2. The number of anilines is 1. The normalized spacial score (nSPS) is 10.9. The molecule has 0 aliphatic rings. The lowest BCUT2D eigenvalue weighted by Gasteiger charge is -2.19. The van der Waals surface area contributed by atoms with Crippen LogP contribution in [0.4, 0.5) is 5.13 Å². The van der Waals surface area contributed by atoms with E-state index in [0.717, 1.165) is 0 Å². The average molecular weight is 420 g/mol. The van der Waals surface area contributed by atoms with Crippen molar-refractivity contribution in [3.05, 3.63) is 71.5 Å². The Bertz CT molecular complexity index is 1190. The molecule has 0 bridgehead atoms. The highest BCUT2D eigenvalue weighted by molar-refractivity contribution is 7.13. The van der Waals surface area contributed by atoms with Gasteiger partial charge in [0.1, 0.15) is 12.3 Å². The summed E-state index contributed by atoms with van der Waals surface area (Å²) in [6.45, 7) is 2.33. The van der Waals surface area contributed by atoms with Gasteiger partial charge in [0.05, 0.1) is 18.1 Å². The molecule has 2 aromatic heterocycles. The predicted molar refractivity (Wildman–Crippen MR) is 116 cm³/mol. The highest BCUT2D eigenvalue weighted by Gasteiger charge is 2.24. The lowest BCUT2D eigenvalue weighted by atomic mass is 10.1. The van der Waals surface area contributed by atoms with Crippen LogP contribution in [0.25, 0.3) is 11.0 Å². The highest BCUT2D eigenvalue weighted by atomic mass is 32.1. The van der Waals surface area contributed by atoms with Gasteiger partial charge >= 0.3 is 0 Å². The summed E-state index contributed by atoms with van der Waals surface area (Å²) in [5.74, 6) is 0.433. The van der Waals surface area contributed by atoms with Gasteiger partial charge in [0.25, 0.3) is 0 Å². The molecule has 0 saturated heterocycles. The average Bonchev–Trinajstić information content (AvgIpc) is 3.43. The molecule has 4 rings (SSSR count). The number of aromatic nitrogens is 3. The summed E-state index contributed by atoms with van der Waals surface area (Å²) in [4.78, 5) is 36.7. The molecule has 0 unspecified atom stereocenters. The molecule has 0 radical (unpaired) electrons. The van der Waals surface area contributed by atoms with E-state index in [9.17, 15) is 9.59 Å². The number of nitrogens with zero attached hydrogens (tertiary/aromatic N) is 4. The minimum absolute atomic E-state index is 0.0367. The molecule has 7 nitrogen and oxygen atoms in total. The zero-order valence-corrected chi connectivity index (χ0v) is 17.4.